The predicted octanol–water partition coefficient (Wildman–Crippen LogP) is 4.27. The van der Waals surface area contributed by atoms with Crippen LogP contribution in [0.1, 0.15) is 58.4 Å². The molecule has 150 valence electrons. The van der Waals surface area contributed by atoms with Gasteiger partial charge in [-0.25, -0.2) is 4.79 Å². The van der Waals surface area contributed by atoms with Crippen LogP contribution in [0.25, 0.3) is 0 Å². The first-order valence-electron chi connectivity index (χ1n) is 9.83. The second-order valence-electron chi connectivity index (χ2n) is 7.63. The van der Waals surface area contributed by atoms with Crippen molar-refractivity contribution < 1.29 is 19.5 Å². The van der Waals surface area contributed by atoms with Crippen molar-refractivity contribution in [3.63, 3.8) is 0 Å². The average molecular weight is 393 g/mol. The number of fused-ring (bicyclic) bond motifs is 1. The number of nitrogens with zero attached hydrogens (tertiary/aromatic N) is 1. The number of rotatable bonds is 3. The van der Waals surface area contributed by atoms with Gasteiger partial charge in [-0.2, -0.15) is 0 Å². The summed E-state index contributed by atoms with van der Waals surface area (Å²) in [4.78, 5) is 39.3. The Morgan fingerprint density at radius 1 is 0.966 bits per heavy atom. The average Bonchev–Trinajstić information content (AvgIpc) is 2.95. The number of carbonyl (C=O) groups is 3. The van der Waals surface area contributed by atoms with E-state index < -0.39 is 6.03 Å². The number of phenols is 1. The van der Waals surface area contributed by atoms with Crippen molar-refractivity contribution in [1.29, 1.82) is 0 Å². The molecule has 2 aliphatic rings. The zero-order valence-electron chi connectivity index (χ0n) is 16.2. The molecule has 7 heteroatoms. The molecule has 0 spiro atoms. The maximum absolute atomic E-state index is 12.9. The normalized spacial score (nSPS) is 16.7. The number of benzene rings is 2. The summed E-state index contributed by atoms with van der Waals surface area (Å²) in [5.74, 6) is -0.585. The highest BCUT2D eigenvalue weighted by Crippen LogP contribution is 2.32. The van der Waals surface area contributed by atoms with E-state index >= 15 is 0 Å². The number of carbonyl (C=O) groups excluding carboxylic acids is 3. The molecule has 1 aliphatic heterocycles. The van der Waals surface area contributed by atoms with Crippen LogP contribution in [0.2, 0.25) is 0 Å². The van der Waals surface area contributed by atoms with Crippen LogP contribution in [0.15, 0.2) is 36.4 Å². The Hall–Kier alpha value is -3.35. The molecule has 2 aromatic rings. The fourth-order valence-electron chi connectivity index (χ4n) is 4.04. The van der Waals surface area contributed by atoms with E-state index in [0.717, 1.165) is 37.7 Å². The van der Waals surface area contributed by atoms with Crippen LogP contribution in [-0.4, -0.2) is 33.9 Å². The first-order chi connectivity index (χ1) is 13.9. The summed E-state index contributed by atoms with van der Waals surface area (Å²) >= 11 is 0. The number of nitrogens with one attached hydrogen (secondary N) is 2. The summed E-state index contributed by atoms with van der Waals surface area (Å²) in [6.07, 6.45) is 4.88. The van der Waals surface area contributed by atoms with Crippen LogP contribution in [0, 0.1) is 6.92 Å². The number of aromatic hydroxyl groups is 1. The van der Waals surface area contributed by atoms with E-state index in [0.29, 0.717) is 22.5 Å². The smallest absolute Gasteiger partial charge is 0.323 e. The van der Waals surface area contributed by atoms with Crippen LogP contribution in [0.5, 0.6) is 5.75 Å². The van der Waals surface area contributed by atoms with Gasteiger partial charge >= 0.3 is 6.03 Å². The standard InChI is InChI=1S/C22H23N3O4/c1-13-7-10-19(26)18(11-13)24-22(29)23-14-8-9-16-17(12-14)21(28)25(20(16)27)15-5-3-2-4-6-15/h7-12,15,26H,2-6H2,1H3,(H2,23,24,29). The zero-order valence-corrected chi connectivity index (χ0v) is 16.2. The van der Waals surface area contributed by atoms with E-state index in [1.165, 1.54) is 17.0 Å². The summed E-state index contributed by atoms with van der Waals surface area (Å²) in [6.45, 7) is 1.85. The molecule has 7 nitrogen and oxygen atoms in total. The van der Waals surface area contributed by atoms with Crippen molar-refractivity contribution in [3.05, 3.63) is 53.1 Å². The molecule has 4 rings (SSSR count). The van der Waals surface area contributed by atoms with Gasteiger partial charge in [-0.05, 0) is 55.7 Å². The Labute approximate surface area is 168 Å². The van der Waals surface area contributed by atoms with Gasteiger partial charge in [0.15, 0.2) is 0 Å². The predicted molar refractivity (Wildman–Crippen MR) is 109 cm³/mol. The fourth-order valence-corrected chi connectivity index (χ4v) is 4.04. The lowest BCUT2D eigenvalue weighted by atomic mass is 9.94. The Bertz CT molecular complexity index is 996. The SMILES string of the molecule is Cc1ccc(O)c(NC(=O)Nc2ccc3c(c2)C(=O)N(C2CCCCC2)C3=O)c1. The quantitative estimate of drug-likeness (QED) is 0.536. The molecule has 0 bridgehead atoms. The molecular weight excluding hydrogens is 370 g/mol. The largest absolute Gasteiger partial charge is 0.506 e. The van der Waals surface area contributed by atoms with E-state index in [-0.39, 0.29) is 23.6 Å². The van der Waals surface area contributed by atoms with Gasteiger partial charge in [0.2, 0.25) is 0 Å². The number of amides is 4. The summed E-state index contributed by atoms with van der Waals surface area (Å²) in [7, 11) is 0. The number of anilines is 2. The molecule has 0 aromatic heterocycles. The third-order valence-corrected chi connectivity index (χ3v) is 5.52. The molecule has 0 radical (unpaired) electrons. The highest BCUT2D eigenvalue weighted by molar-refractivity contribution is 6.22. The van der Waals surface area contributed by atoms with E-state index in [2.05, 4.69) is 10.6 Å². The molecule has 29 heavy (non-hydrogen) atoms. The highest BCUT2D eigenvalue weighted by Gasteiger charge is 2.40. The van der Waals surface area contributed by atoms with Crippen LogP contribution in [0.4, 0.5) is 16.2 Å². The maximum atomic E-state index is 12.9. The number of aryl methyl sites for hydroxylation is 1. The minimum Gasteiger partial charge on any atom is -0.506 e. The van der Waals surface area contributed by atoms with Crippen molar-refractivity contribution in [2.45, 2.75) is 45.1 Å². The van der Waals surface area contributed by atoms with E-state index in [1.54, 1.807) is 24.3 Å². The van der Waals surface area contributed by atoms with E-state index in [9.17, 15) is 19.5 Å². The number of imide groups is 1. The van der Waals surface area contributed by atoms with Crippen LogP contribution >= 0.6 is 0 Å². The number of hydrogen-bond acceptors (Lipinski definition) is 4. The van der Waals surface area contributed by atoms with Crippen LogP contribution in [-0.2, 0) is 0 Å². The molecule has 1 heterocycles. The second kappa shape index (κ2) is 7.58. The number of urea groups is 1. The van der Waals surface area contributed by atoms with E-state index in [1.807, 2.05) is 6.92 Å². The molecule has 0 atom stereocenters. The Morgan fingerprint density at radius 2 is 1.69 bits per heavy atom. The molecule has 0 unspecified atom stereocenters. The minimum absolute atomic E-state index is 0.0383. The van der Waals surface area contributed by atoms with Gasteiger partial charge < -0.3 is 15.7 Å². The minimum atomic E-state index is -0.549. The lowest BCUT2D eigenvalue weighted by Crippen LogP contribution is -2.40. The molecule has 2 aromatic carbocycles. The maximum Gasteiger partial charge on any atom is 0.323 e. The zero-order chi connectivity index (χ0) is 20.5. The van der Waals surface area contributed by atoms with Crippen molar-refractivity contribution >= 4 is 29.2 Å². The topological polar surface area (TPSA) is 98.7 Å². The Balaban J connectivity index is 1.50. The van der Waals surface area contributed by atoms with Crippen molar-refractivity contribution in [2.75, 3.05) is 10.6 Å². The third-order valence-electron chi connectivity index (χ3n) is 5.52. The Kier molecular flexibility index (Phi) is 4.96. The van der Waals surface area contributed by atoms with Gasteiger partial charge in [0, 0.05) is 11.7 Å². The summed E-state index contributed by atoms with van der Waals surface area (Å²) in [6, 6.07) is 9.02. The van der Waals surface area contributed by atoms with Gasteiger partial charge in [0.25, 0.3) is 11.8 Å². The lowest BCUT2D eigenvalue weighted by Gasteiger charge is -2.29. The molecule has 1 aliphatic carbocycles. The monoisotopic (exact) mass is 393 g/mol. The molecule has 1 fully saturated rings. The Morgan fingerprint density at radius 3 is 2.45 bits per heavy atom. The summed E-state index contributed by atoms with van der Waals surface area (Å²) < 4.78 is 0. The molecule has 1 saturated carbocycles. The lowest BCUT2D eigenvalue weighted by molar-refractivity contribution is 0.0549. The fraction of sp³-hybridized carbons (Fsp3) is 0.318. The van der Waals surface area contributed by atoms with Gasteiger partial charge in [-0.15, -0.1) is 0 Å². The highest BCUT2D eigenvalue weighted by atomic mass is 16.3. The first-order valence-corrected chi connectivity index (χ1v) is 9.83. The molecule has 4 amide bonds. The van der Waals surface area contributed by atoms with Crippen molar-refractivity contribution in [2.24, 2.45) is 0 Å². The van der Waals surface area contributed by atoms with Gasteiger partial charge in [-0.1, -0.05) is 25.3 Å². The molecule has 0 saturated heterocycles. The third kappa shape index (κ3) is 3.68. The first kappa shape index (κ1) is 19.0. The summed E-state index contributed by atoms with van der Waals surface area (Å²) in [5, 5.41) is 15.1. The van der Waals surface area contributed by atoms with Gasteiger partial charge in [0.05, 0.1) is 16.8 Å². The number of phenolic OH excluding ortho intramolecular Hbond substituents is 1. The van der Waals surface area contributed by atoms with Crippen LogP contribution in [0.3, 0.4) is 0 Å². The molecular formula is C22H23N3O4. The van der Waals surface area contributed by atoms with Gasteiger partial charge in [0.1, 0.15) is 5.75 Å². The van der Waals surface area contributed by atoms with Crippen molar-refractivity contribution in [3.8, 4) is 5.75 Å². The number of hydrogen-bond donors (Lipinski definition) is 3. The van der Waals surface area contributed by atoms with Crippen LogP contribution < -0.4 is 10.6 Å². The van der Waals surface area contributed by atoms with Gasteiger partial charge in [-0.3, -0.25) is 14.5 Å². The van der Waals surface area contributed by atoms with Crippen molar-refractivity contribution in [1.82, 2.24) is 4.90 Å². The molecule has 3 N–H and O–H groups in total. The summed E-state index contributed by atoms with van der Waals surface area (Å²) in [5.41, 5.74) is 2.28. The second-order valence-corrected chi connectivity index (χ2v) is 7.63. The van der Waals surface area contributed by atoms with E-state index in [4.69, 9.17) is 0 Å².